The lowest BCUT2D eigenvalue weighted by molar-refractivity contribution is -0.145. The molecule has 0 aromatic rings. The van der Waals surface area contributed by atoms with Gasteiger partial charge in [0.15, 0.2) is 0 Å². The summed E-state index contributed by atoms with van der Waals surface area (Å²) in [5.74, 6) is 0.832. The molecule has 2 aliphatic carbocycles. The Bertz CT molecular complexity index is 568. The predicted octanol–water partition coefficient (Wildman–Crippen LogP) is 4.82. The third kappa shape index (κ3) is 4.84. The Balaban J connectivity index is 2.14. The molecule has 2 rings (SSSR count). The lowest BCUT2D eigenvalue weighted by Crippen LogP contribution is -2.35. The minimum atomic E-state index is -0.345. The van der Waals surface area contributed by atoms with Crippen molar-refractivity contribution in [3.8, 4) is 0 Å². The molecule has 2 aliphatic rings. The molecular formula is C22H34O3. The molecule has 0 radical (unpaired) electrons. The van der Waals surface area contributed by atoms with Crippen LogP contribution in [-0.2, 0) is 9.53 Å². The summed E-state index contributed by atoms with van der Waals surface area (Å²) in [7, 11) is 0. The minimum Gasteiger partial charge on any atom is -0.458 e. The molecule has 0 heterocycles. The van der Waals surface area contributed by atoms with Gasteiger partial charge in [-0.25, -0.2) is 0 Å². The zero-order valence-electron chi connectivity index (χ0n) is 16.4. The SMILES string of the molecule is C=C1CC[C@@H]([C@H](C)CC(C=C(C)C)OC(C)=O)[C@@H](O)[C@@H]2C(C)=CC[C@@H]12. The van der Waals surface area contributed by atoms with Crippen LogP contribution in [0, 0.1) is 23.7 Å². The number of fused-ring (bicyclic) bond motifs is 1. The highest BCUT2D eigenvalue weighted by atomic mass is 16.5. The molecule has 0 aromatic carbocycles. The topological polar surface area (TPSA) is 46.5 Å². The number of hydrogen-bond acceptors (Lipinski definition) is 3. The van der Waals surface area contributed by atoms with Crippen LogP contribution in [0.4, 0.5) is 0 Å². The van der Waals surface area contributed by atoms with Crippen LogP contribution in [0.5, 0.6) is 0 Å². The number of ether oxygens (including phenoxy) is 1. The highest BCUT2D eigenvalue weighted by molar-refractivity contribution is 5.66. The maximum Gasteiger partial charge on any atom is 0.303 e. The van der Waals surface area contributed by atoms with E-state index in [-0.39, 0.29) is 35.9 Å². The van der Waals surface area contributed by atoms with Gasteiger partial charge in [0.2, 0.25) is 0 Å². The number of carbonyl (C=O) groups is 1. The van der Waals surface area contributed by atoms with Crippen molar-refractivity contribution in [1.29, 1.82) is 0 Å². The molecule has 1 fully saturated rings. The van der Waals surface area contributed by atoms with E-state index in [4.69, 9.17) is 4.74 Å². The smallest absolute Gasteiger partial charge is 0.303 e. The van der Waals surface area contributed by atoms with Crippen molar-refractivity contribution in [1.82, 2.24) is 0 Å². The summed E-state index contributed by atoms with van der Waals surface area (Å²) in [6, 6.07) is 0. The Morgan fingerprint density at radius 1 is 1.44 bits per heavy atom. The summed E-state index contributed by atoms with van der Waals surface area (Å²) in [5.41, 5.74) is 3.73. The first-order valence-corrected chi connectivity index (χ1v) is 9.55. The fourth-order valence-corrected chi connectivity index (χ4v) is 4.71. The molecule has 1 N–H and O–H groups in total. The lowest BCUT2D eigenvalue weighted by Gasteiger charge is -2.33. The summed E-state index contributed by atoms with van der Waals surface area (Å²) in [6.07, 6.45) is 7.43. The molecule has 3 heteroatoms. The van der Waals surface area contributed by atoms with Gasteiger partial charge in [0, 0.05) is 12.8 Å². The zero-order valence-corrected chi connectivity index (χ0v) is 16.4. The zero-order chi connectivity index (χ0) is 18.7. The highest BCUT2D eigenvalue weighted by Crippen LogP contribution is 2.47. The molecule has 140 valence electrons. The summed E-state index contributed by atoms with van der Waals surface area (Å²) >= 11 is 0. The molecule has 6 atom stereocenters. The van der Waals surface area contributed by atoms with Crippen molar-refractivity contribution in [2.24, 2.45) is 23.7 Å². The number of hydrogen-bond donors (Lipinski definition) is 1. The molecule has 3 nitrogen and oxygen atoms in total. The van der Waals surface area contributed by atoms with E-state index < -0.39 is 0 Å². The monoisotopic (exact) mass is 346 g/mol. The largest absolute Gasteiger partial charge is 0.458 e. The third-order valence-electron chi connectivity index (χ3n) is 5.95. The van der Waals surface area contributed by atoms with E-state index in [0.717, 1.165) is 31.3 Å². The fourth-order valence-electron chi connectivity index (χ4n) is 4.71. The highest BCUT2D eigenvalue weighted by Gasteiger charge is 2.42. The van der Waals surface area contributed by atoms with E-state index >= 15 is 0 Å². The quantitative estimate of drug-likeness (QED) is 0.573. The fraction of sp³-hybridized carbons (Fsp3) is 0.682. The van der Waals surface area contributed by atoms with E-state index in [1.54, 1.807) is 0 Å². The van der Waals surface area contributed by atoms with E-state index in [2.05, 4.69) is 26.5 Å². The summed E-state index contributed by atoms with van der Waals surface area (Å²) in [4.78, 5) is 11.4. The maximum atomic E-state index is 11.4. The van der Waals surface area contributed by atoms with Crippen molar-refractivity contribution < 1.29 is 14.6 Å². The van der Waals surface area contributed by atoms with Gasteiger partial charge < -0.3 is 9.84 Å². The summed E-state index contributed by atoms with van der Waals surface area (Å²) in [5, 5.41) is 11.1. The van der Waals surface area contributed by atoms with Gasteiger partial charge in [-0.1, -0.05) is 36.3 Å². The van der Waals surface area contributed by atoms with Crippen molar-refractivity contribution in [2.75, 3.05) is 0 Å². The van der Waals surface area contributed by atoms with Gasteiger partial charge in [-0.05, 0) is 70.3 Å². The third-order valence-corrected chi connectivity index (χ3v) is 5.95. The molecule has 0 bridgehead atoms. The summed E-state index contributed by atoms with van der Waals surface area (Å²) in [6.45, 7) is 14.1. The van der Waals surface area contributed by atoms with Crippen molar-refractivity contribution in [2.45, 2.75) is 72.5 Å². The number of aliphatic hydroxyl groups excluding tert-OH is 1. The van der Waals surface area contributed by atoms with Gasteiger partial charge in [-0.15, -0.1) is 0 Å². The normalized spacial score (nSPS) is 31.4. The maximum absolute atomic E-state index is 11.4. The molecule has 0 amide bonds. The number of carbonyl (C=O) groups excluding carboxylic acids is 1. The van der Waals surface area contributed by atoms with Gasteiger partial charge >= 0.3 is 5.97 Å². The average Bonchev–Trinajstić information content (AvgIpc) is 2.81. The standard InChI is InChI=1S/C22H34O3/c1-13(2)11-18(25-17(6)23)12-16(5)20-10-7-14(3)19-9-8-15(4)21(19)22(20)24/h8,11,16,18-22,24H,3,7,9-10,12H2,1-2,4-6H3/t16-,18?,19+,20+,21-,22-/m1/s1. The van der Waals surface area contributed by atoms with Crippen molar-refractivity contribution in [3.05, 3.63) is 35.5 Å². The van der Waals surface area contributed by atoms with Crippen LogP contribution in [0.25, 0.3) is 0 Å². The van der Waals surface area contributed by atoms with Crippen LogP contribution in [0.3, 0.4) is 0 Å². The van der Waals surface area contributed by atoms with Crippen LogP contribution in [0.2, 0.25) is 0 Å². The van der Waals surface area contributed by atoms with Crippen molar-refractivity contribution in [3.63, 3.8) is 0 Å². The van der Waals surface area contributed by atoms with Gasteiger partial charge in [-0.2, -0.15) is 0 Å². The van der Waals surface area contributed by atoms with Gasteiger partial charge in [0.1, 0.15) is 6.10 Å². The van der Waals surface area contributed by atoms with Gasteiger partial charge in [0.25, 0.3) is 0 Å². The first-order chi connectivity index (χ1) is 11.7. The first kappa shape index (κ1) is 20.0. The molecule has 0 saturated heterocycles. The number of esters is 1. The molecule has 1 unspecified atom stereocenters. The molecule has 0 aliphatic heterocycles. The predicted molar refractivity (Wildman–Crippen MR) is 102 cm³/mol. The second-order valence-electron chi connectivity index (χ2n) is 8.27. The van der Waals surface area contributed by atoms with E-state index in [1.807, 2.05) is 19.9 Å². The van der Waals surface area contributed by atoms with Crippen molar-refractivity contribution >= 4 is 5.97 Å². The number of aliphatic hydroxyl groups is 1. The lowest BCUT2D eigenvalue weighted by atomic mass is 9.76. The van der Waals surface area contributed by atoms with Gasteiger partial charge in [0.05, 0.1) is 6.10 Å². The Labute approximate surface area is 152 Å². The minimum absolute atomic E-state index is 0.205. The van der Waals surface area contributed by atoms with E-state index in [1.165, 1.54) is 18.1 Å². The van der Waals surface area contributed by atoms with Gasteiger partial charge in [-0.3, -0.25) is 4.79 Å². The Kier molecular flexibility index (Phi) is 6.67. The number of rotatable bonds is 5. The van der Waals surface area contributed by atoms with Crippen LogP contribution in [0.1, 0.15) is 60.3 Å². The molecule has 0 spiro atoms. The Hall–Kier alpha value is -1.35. The average molecular weight is 347 g/mol. The molecule has 0 aromatic heterocycles. The first-order valence-electron chi connectivity index (χ1n) is 9.55. The van der Waals surface area contributed by atoms with Crippen LogP contribution >= 0.6 is 0 Å². The van der Waals surface area contributed by atoms with E-state index in [0.29, 0.717) is 5.92 Å². The van der Waals surface area contributed by atoms with Crippen LogP contribution in [-0.4, -0.2) is 23.3 Å². The van der Waals surface area contributed by atoms with E-state index in [9.17, 15) is 9.90 Å². The Morgan fingerprint density at radius 3 is 2.72 bits per heavy atom. The second kappa shape index (κ2) is 8.35. The number of allylic oxidation sites excluding steroid dienone is 3. The Morgan fingerprint density at radius 2 is 2.12 bits per heavy atom. The van der Waals surface area contributed by atoms with Crippen LogP contribution < -0.4 is 0 Å². The van der Waals surface area contributed by atoms with Crippen LogP contribution in [0.15, 0.2) is 35.5 Å². The molecule has 1 saturated carbocycles. The molecular weight excluding hydrogens is 312 g/mol. The molecule has 25 heavy (non-hydrogen) atoms. The second-order valence-corrected chi connectivity index (χ2v) is 8.27. The summed E-state index contributed by atoms with van der Waals surface area (Å²) < 4.78 is 5.49.